The first kappa shape index (κ1) is 21.9. The van der Waals surface area contributed by atoms with Crippen LogP contribution in [0.4, 0.5) is 5.69 Å². The van der Waals surface area contributed by atoms with E-state index >= 15 is 0 Å². The number of rotatable bonds is 4. The van der Waals surface area contributed by atoms with E-state index in [0.717, 1.165) is 49.2 Å². The molecule has 1 saturated carbocycles. The van der Waals surface area contributed by atoms with Crippen molar-refractivity contribution in [2.24, 2.45) is 0 Å². The second kappa shape index (κ2) is 8.24. The summed E-state index contributed by atoms with van der Waals surface area (Å²) in [7, 11) is 0. The highest BCUT2D eigenvalue weighted by Crippen LogP contribution is 2.49. The Kier molecular flexibility index (Phi) is 5.30. The van der Waals surface area contributed by atoms with Crippen LogP contribution in [0.1, 0.15) is 91.0 Å². The first-order chi connectivity index (χ1) is 16.5. The Morgan fingerprint density at radius 1 is 1.18 bits per heavy atom. The molecular formula is C29H36N3O2+. The largest absolute Gasteiger partial charge is 0.478 e. The number of aromatic carboxylic acids is 1. The van der Waals surface area contributed by atoms with Crippen molar-refractivity contribution in [1.29, 1.82) is 0 Å². The quantitative estimate of drug-likeness (QED) is 0.539. The molecule has 2 aliphatic carbocycles. The molecule has 1 aromatic carbocycles. The van der Waals surface area contributed by atoms with Crippen molar-refractivity contribution in [3.8, 4) is 11.3 Å². The Morgan fingerprint density at radius 2 is 2.00 bits per heavy atom. The monoisotopic (exact) mass is 458 g/mol. The van der Waals surface area contributed by atoms with Gasteiger partial charge in [-0.15, -0.1) is 0 Å². The summed E-state index contributed by atoms with van der Waals surface area (Å²) in [6, 6.07) is 4.90. The summed E-state index contributed by atoms with van der Waals surface area (Å²) in [5.41, 5.74) is 12.7. The molecule has 2 aromatic rings. The first-order valence-corrected chi connectivity index (χ1v) is 13.2. The number of hydrogen-bond donors (Lipinski definition) is 2. The van der Waals surface area contributed by atoms with Crippen LogP contribution in [-0.4, -0.2) is 28.2 Å². The molecule has 0 saturated heterocycles. The molecule has 2 N–H and O–H groups in total. The molecule has 0 bridgehead atoms. The maximum absolute atomic E-state index is 12.7. The molecule has 1 fully saturated rings. The van der Waals surface area contributed by atoms with Gasteiger partial charge in [-0.25, -0.2) is 4.79 Å². The molecule has 1 aromatic heterocycles. The molecule has 1 atom stereocenters. The highest BCUT2D eigenvalue weighted by molar-refractivity contribution is 6.02. The van der Waals surface area contributed by atoms with Crippen LogP contribution in [-0.2, 0) is 19.4 Å². The number of hydrogen-bond acceptors (Lipinski definition) is 2. The van der Waals surface area contributed by atoms with Crippen LogP contribution in [0.2, 0.25) is 0 Å². The van der Waals surface area contributed by atoms with Crippen molar-refractivity contribution in [1.82, 2.24) is 14.6 Å². The molecule has 34 heavy (non-hydrogen) atoms. The van der Waals surface area contributed by atoms with E-state index in [0.29, 0.717) is 22.1 Å². The Bertz CT molecular complexity index is 1210. The van der Waals surface area contributed by atoms with Gasteiger partial charge in [0.2, 0.25) is 0 Å². The Hall–Kier alpha value is -2.63. The SMILES string of the molecule is CC(C)N[N@+]12C=CCc3c(C4CCCCC4)ccc(c31)-c1c(C(=O)O)c3c(n1CC2)CCC=C3. The standard InChI is InChI=1S/C29H35N3O2/c1-19(2)30-32-17-8-12-22-21(20-9-4-3-5-10-20)14-15-24(28(22)32)27-26(29(33)34)23-11-6-7-13-25(23)31(27)16-18-32/h6,8,11,14-15,17,19-20,30H,3-5,7,9-10,12-13,16,18H2,1-2H3/p+1/t32-/m0/s1. The number of carboxylic acids is 1. The summed E-state index contributed by atoms with van der Waals surface area (Å²) in [5.74, 6) is -0.198. The molecule has 0 spiro atoms. The Morgan fingerprint density at radius 3 is 2.76 bits per heavy atom. The van der Waals surface area contributed by atoms with Gasteiger partial charge in [-0.05, 0) is 63.2 Å². The molecule has 3 heterocycles. The van der Waals surface area contributed by atoms with Gasteiger partial charge in [-0.2, -0.15) is 10.0 Å². The van der Waals surface area contributed by atoms with Gasteiger partial charge in [0, 0.05) is 23.2 Å². The number of fused-ring (bicyclic) bond motifs is 4. The summed E-state index contributed by atoms with van der Waals surface area (Å²) in [6.45, 7) is 6.09. The summed E-state index contributed by atoms with van der Waals surface area (Å²) in [5, 5.41) is 10.4. The van der Waals surface area contributed by atoms with Gasteiger partial charge in [0.15, 0.2) is 5.69 Å². The van der Waals surface area contributed by atoms with E-state index in [1.54, 1.807) is 0 Å². The van der Waals surface area contributed by atoms with Gasteiger partial charge in [0.25, 0.3) is 0 Å². The number of aromatic nitrogens is 1. The van der Waals surface area contributed by atoms with Gasteiger partial charge >= 0.3 is 5.97 Å². The summed E-state index contributed by atoms with van der Waals surface area (Å²) in [6.07, 6.45) is 18.1. The fraction of sp³-hybridized carbons (Fsp3) is 0.483. The predicted octanol–water partition coefficient (Wildman–Crippen LogP) is 6.16. The lowest BCUT2D eigenvalue weighted by Crippen LogP contribution is -2.60. The van der Waals surface area contributed by atoms with Gasteiger partial charge in [-0.1, -0.05) is 37.5 Å². The molecule has 178 valence electrons. The van der Waals surface area contributed by atoms with Crippen LogP contribution < -0.4 is 10.0 Å². The minimum atomic E-state index is -0.815. The van der Waals surface area contributed by atoms with Crippen molar-refractivity contribution in [2.45, 2.75) is 83.7 Å². The number of nitrogens with one attached hydrogen (secondary N) is 1. The Labute approximate surface area is 202 Å². The topological polar surface area (TPSA) is 54.3 Å². The number of allylic oxidation sites excluding steroid dienone is 2. The number of carbonyl (C=O) groups is 1. The van der Waals surface area contributed by atoms with Crippen LogP contribution >= 0.6 is 0 Å². The van der Waals surface area contributed by atoms with E-state index in [1.807, 2.05) is 6.08 Å². The van der Waals surface area contributed by atoms with Crippen LogP contribution in [0.15, 0.2) is 30.5 Å². The van der Waals surface area contributed by atoms with Crippen LogP contribution in [0.25, 0.3) is 17.3 Å². The third-order valence-electron chi connectivity index (χ3n) is 8.32. The highest BCUT2D eigenvalue weighted by atomic mass is 16.4. The molecule has 0 amide bonds. The minimum Gasteiger partial charge on any atom is -0.478 e. The van der Waals surface area contributed by atoms with Crippen molar-refractivity contribution in [2.75, 3.05) is 6.54 Å². The fourth-order valence-corrected chi connectivity index (χ4v) is 7.11. The third kappa shape index (κ3) is 3.24. The second-order valence-corrected chi connectivity index (χ2v) is 10.8. The predicted molar refractivity (Wildman–Crippen MR) is 138 cm³/mol. The van der Waals surface area contributed by atoms with Gasteiger partial charge in [0.05, 0.1) is 29.4 Å². The molecule has 0 unspecified atom stereocenters. The smallest absolute Gasteiger partial charge is 0.338 e. The van der Waals surface area contributed by atoms with E-state index in [2.05, 4.69) is 54.3 Å². The van der Waals surface area contributed by atoms with E-state index in [4.69, 9.17) is 0 Å². The zero-order valence-corrected chi connectivity index (χ0v) is 20.4. The molecule has 4 aliphatic rings. The average molecular weight is 459 g/mol. The normalized spacial score (nSPS) is 23.4. The number of nitrogens with zero attached hydrogens (tertiary/aromatic N) is 2. The third-order valence-corrected chi connectivity index (χ3v) is 8.32. The number of carboxylic acid groups (broad SMARTS) is 1. The van der Waals surface area contributed by atoms with Gasteiger partial charge < -0.3 is 9.67 Å². The van der Waals surface area contributed by atoms with Crippen LogP contribution in [0, 0.1) is 0 Å². The highest BCUT2D eigenvalue weighted by Gasteiger charge is 2.44. The van der Waals surface area contributed by atoms with Crippen molar-refractivity contribution >= 4 is 17.7 Å². The summed E-state index contributed by atoms with van der Waals surface area (Å²) < 4.78 is 2.95. The molecule has 6 rings (SSSR count). The lowest BCUT2D eigenvalue weighted by Gasteiger charge is -2.40. The fourth-order valence-electron chi connectivity index (χ4n) is 7.11. The van der Waals surface area contributed by atoms with Crippen LogP contribution in [0.5, 0.6) is 0 Å². The molecule has 5 heteroatoms. The zero-order valence-electron chi connectivity index (χ0n) is 20.4. The Balaban J connectivity index is 1.65. The summed E-state index contributed by atoms with van der Waals surface area (Å²) >= 11 is 0. The molecule has 5 nitrogen and oxygen atoms in total. The minimum absolute atomic E-state index is 0.301. The van der Waals surface area contributed by atoms with E-state index in [9.17, 15) is 9.90 Å². The van der Waals surface area contributed by atoms with Gasteiger partial charge in [0.1, 0.15) is 12.7 Å². The average Bonchev–Trinajstić information content (AvgIpc) is 3.10. The second-order valence-electron chi connectivity index (χ2n) is 10.8. The molecule has 2 aliphatic heterocycles. The van der Waals surface area contributed by atoms with E-state index < -0.39 is 5.97 Å². The maximum atomic E-state index is 12.7. The first-order valence-electron chi connectivity index (χ1n) is 13.2. The lowest BCUT2D eigenvalue weighted by atomic mass is 9.79. The molecular weight excluding hydrogens is 422 g/mol. The molecule has 0 radical (unpaired) electrons. The lowest BCUT2D eigenvalue weighted by molar-refractivity contribution is 0.0697. The zero-order chi connectivity index (χ0) is 23.4. The maximum Gasteiger partial charge on any atom is 0.338 e. The summed E-state index contributed by atoms with van der Waals surface area (Å²) in [4.78, 5) is 12.7. The van der Waals surface area contributed by atoms with Crippen molar-refractivity contribution in [3.63, 3.8) is 0 Å². The number of benzene rings is 1. The van der Waals surface area contributed by atoms with Crippen LogP contribution in [0.3, 0.4) is 0 Å². The van der Waals surface area contributed by atoms with Crippen molar-refractivity contribution < 1.29 is 9.90 Å². The number of quaternary nitrogens is 1. The van der Waals surface area contributed by atoms with Crippen molar-refractivity contribution in [3.05, 3.63) is 58.4 Å². The van der Waals surface area contributed by atoms with E-state index in [1.165, 1.54) is 54.6 Å². The van der Waals surface area contributed by atoms with Gasteiger partial charge in [-0.3, -0.25) is 0 Å². The van der Waals surface area contributed by atoms with E-state index in [-0.39, 0.29) is 0 Å².